The molecule has 1 aromatic carbocycles. The molecule has 0 saturated carbocycles. The van der Waals surface area contributed by atoms with E-state index < -0.39 is 0 Å². The van der Waals surface area contributed by atoms with E-state index >= 15 is 0 Å². The van der Waals surface area contributed by atoms with Gasteiger partial charge in [-0.25, -0.2) is 4.98 Å². The van der Waals surface area contributed by atoms with Crippen LogP contribution < -0.4 is 0 Å². The molecule has 1 unspecified atom stereocenters. The number of imidazole rings is 1. The van der Waals surface area contributed by atoms with Crippen molar-refractivity contribution in [3.63, 3.8) is 0 Å². The molecule has 2 aromatic rings. The van der Waals surface area contributed by atoms with Crippen molar-refractivity contribution in [3.05, 3.63) is 29.6 Å². The lowest BCUT2D eigenvalue weighted by atomic mass is 10.2. The first-order valence-corrected chi connectivity index (χ1v) is 7.82. The average molecular weight is 282 g/mol. The van der Waals surface area contributed by atoms with Gasteiger partial charge in [0.25, 0.3) is 0 Å². The van der Waals surface area contributed by atoms with E-state index in [-0.39, 0.29) is 0 Å². The van der Waals surface area contributed by atoms with Crippen LogP contribution in [0, 0.1) is 18.3 Å². The van der Waals surface area contributed by atoms with Gasteiger partial charge in [0.15, 0.2) is 0 Å². The number of nitrogens with zero attached hydrogens (tertiary/aromatic N) is 4. The van der Waals surface area contributed by atoms with Gasteiger partial charge in [-0.3, -0.25) is 4.90 Å². The Labute approximate surface area is 126 Å². The van der Waals surface area contributed by atoms with Crippen LogP contribution in [-0.4, -0.2) is 27.5 Å². The Balaban J connectivity index is 2.10. The Morgan fingerprint density at radius 2 is 2.10 bits per heavy atom. The number of fused-ring (bicyclic) bond motifs is 1. The molecule has 0 aliphatic carbocycles. The maximum Gasteiger partial charge on any atom is 0.128 e. The smallest absolute Gasteiger partial charge is 0.128 e. The quantitative estimate of drug-likeness (QED) is 0.863. The van der Waals surface area contributed by atoms with Crippen LogP contribution in [-0.2, 0) is 6.54 Å². The molecule has 3 rings (SSSR count). The molecule has 21 heavy (non-hydrogen) atoms. The fraction of sp³-hybridized carbons (Fsp3) is 0.529. The van der Waals surface area contributed by atoms with Gasteiger partial charge in [-0.2, -0.15) is 5.26 Å². The number of aromatic nitrogens is 2. The highest BCUT2D eigenvalue weighted by Crippen LogP contribution is 2.30. The molecular formula is C17H22N4. The number of aryl methyl sites for hydroxylation is 1. The maximum atomic E-state index is 9.18. The molecule has 0 spiro atoms. The van der Waals surface area contributed by atoms with Crippen LogP contribution in [0.3, 0.4) is 0 Å². The van der Waals surface area contributed by atoms with Gasteiger partial charge < -0.3 is 4.57 Å². The molecule has 0 amide bonds. The Bertz CT molecular complexity index is 674. The van der Waals surface area contributed by atoms with Gasteiger partial charge in [-0.15, -0.1) is 0 Å². The van der Waals surface area contributed by atoms with Crippen molar-refractivity contribution in [2.45, 2.75) is 45.7 Å². The summed E-state index contributed by atoms with van der Waals surface area (Å²) in [5.74, 6) is 1.06. The normalized spacial score (nSPS) is 17.2. The molecular weight excluding hydrogens is 260 g/mol. The zero-order valence-electron chi connectivity index (χ0n) is 12.8. The SMILES string of the molecule is CCC(c1nc2cc(C)ccc2n1CC#N)N1CCCC1. The minimum absolute atomic E-state index is 0.327. The van der Waals surface area contributed by atoms with Gasteiger partial charge in [0, 0.05) is 0 Å². The minimum Gasteiger partial charge on any atom is -0.313 e. The molecule has 0 bridgehead atoms. The van der Waals surface area contributed by atoms with E-state index in [1.54, 1.807) is 0 Å². The molecule has 1 aromatic heterocycles. The maximum absolute atomic E-state index is 9.18. The standard InChI is InChI=1S/C17H22N4/c1-3-15(20-9-4-5-10-20)17-19-14-12-13(2)6-7-16(14)21(17)11-8-18/h6-7,12,15H,3-5,9-11H2,1-2H3. The molecule has 1 atom stereocenters. The van der Waals surface area contributed by atoms with E-state index in [2.05, 4.69) is 47.6 Å². The Morgan fingerprint density at radius 3 is 2.76 bits per heavy atom. The predicted molar refractivity (Wildman–Crippen MR) is 83.9 cm³/mol. The van der Waals surface area contributed by atoms with Crippen LogP contribution in [0.15, 0.2) is 18.2 Å². The van der Waals surface area contributed by atoms with Crippen molar-refractivity contribution in [1.29, 1.82) is 5.26 Å². The summed E-state index contributed by atoms with van der Waals surface area (Å²) >= 11 is 0. The monoisotopic (exact) mass is 282 g/mol. The third-order valence-corrected chi connectivity index (χ3v) is 4.43. The topological polar surface area (TPSA) is 44.9 Å². The van der Waals surface area contributed by atoms with Crippen molar-refractivity contribution >= 4 is 11.0 Å². The van der Waals surface area contributed by atoms with Crippen LogP contribution >= 0.6 is 0 Å². The fourth-order valence-electron chi connectivity index (χ4n) is 3.41. The van der Waals surface area contributed by atoms with Crippen molar-refractivity contribution in [3.8, 4) is 6.07 Å². The lowest BCUT2D eigenvalue weighted by Gasteiger charge is -2.26. The third kappa shape index (κ3) is 2.54. The lowest BCUT2D eigenvalue weighted by molar-refractivity contribution is 0.226. The Kier molecular flexibility index (Phi) is 3.94. The number of likely N-dealkylation sites (tertiary alicyclic amines) is 1. The van der Waals surface area contributed by atoms with E-state index in [1.165, 1.54) is 18.4 Å². The largest absolute Gasteiger partial charge is 0.313 e. The second-order valence-corrected chi connectivity index (χ2v) is 5.87. The van der Waals surface area contributed by atoms with Crippen LogP contribution in [0.25, 0.3) is 11.0 Å². The fourth-order valence-corrected chi connectivity index (χ4v) is 3.41. The summed E-state index contributed by atoms with van der Waals surface area (Å²) in [6.07, 6.45) is 3.58. The van der Waals surface area contributed by atoms with Crippen LogP contribution in [0.1, 0.15) is 43.6 Å². The van der Waals surface area contributed by atoms with Crippen molar-refractivity contribution < 1.29 is 0 Å². The second-order valence-electron chi connectivity index (χ2n) is 5.87. The van der Waals surface area contributed by atoms with Crippen LogP contribution in [0.4, 0.5) is 0 Å². The number of benzene rings is 1. The molecule has 0 radical (unpaired) electrons. The summed E-state index contributed by atoms with van der Waals surface area (Å²) in [5.41, 5.74) is 3.30. The van der Waals surface area contributed by atoms with Crippen molar-refractivity contribution in [1.82, 2.24) is 14.5 Å². The molecule has 1 saturated heterocycles. The average Bonchev–Trinajstić information content (AvgIpc) is 3.10. The van der Waals surface area contributed by atoms with E-state index in [1.807, 2.05) is 0 Å². The molecule has 4 nitrogen and oxygen atoms in total. The van der Waals surface area contributed by atoms with E-state index in [4.69, 9.17) is 4.98 Å². The number of hydrogen-bond acceptors (Lipinski definition) is 3. The minimum atomic E-state index is 0.327. The molecule has 4 heteroatoms. The van der Waals surface area contributed by atoms with E-state index in [0.717, 1.165) is 36.4 Å². The first-order chi connectivity index (χ1) is 10.2. The first-order valence-electron chi connectivity index (χ1n) is 7.82. The summed E-state index contributed by atoms with van der Waals surface area (Å²) in [4.78, 5) is 7.39. The van der Waals surface area contributed by atoms with Crippen LogP contribution in [0.2, 0.25) is 0 Å². The predicted octanol–water partition coefficient (Wildman–Crippen LogP) is 3.42. The number of rotatable bonds is 4. The summed E-state index contributed by atoms with van der Waals surface area (Å²) in [7, 11) is 0. The first kappa shape index (κ1) is 14.1. The Hall–Kier alpha value is -1.86. The highest BCUT2D eigenvalue weighted by Gasteiger charge is 2.26. The summed E-state index contributed by atoms with van der Waals surface area (Å²) < 4.78 is 2.10. The van der Waals surface area contributed by atoms with Gasteiger partial charge in [0.2, 0.25) is 0 Å². The van der Waals surface area contributed by atoms with E-state index in [0.29, 0.717) is 12.6 Å². The third-order valence-electron chi connectivity index (χ3n) is 4.43. The Morgan fingerprint density at radius 1 is 1.33 bits per heavy atom. The van der Waals surface area contributed by atoms with Gasteiger partial charge in [-0.1, -0.05) is 13.0 Å². The molecule has 110 valence electrons. The van der Waals surface area contributed by atoms with Gasteiger partial charge >= 0.3 is 0 Å². The van der Waals surface area contributed by atoms with Gasteiger partial charge in [-0.05, 0) is 57.0 Å². The van der Waals surface area contributed by atoms with Gasteiger partial charge in [0.05, 0.1) is 23.1 Å². The second kappa shape index (κ2) is 5.87. The van der Waals surface area contributed by atoms with Crippen LogP contribution in [0.5, 0.6) is 0 Å². The zero-order valence-corrected chi connectivity index (χ0v) is 12.8. The molecule has 1 fully saturated rings. The summed E-state index contributed by atoms with van der Waals surface area (Å²) in [6, 6.07) is 8.92. The number of hydrogen-bond donors (Lipinski definition) is 0. The van der Waals surface area contributed by atoms with E-state index in [9.17, 15) is 5.26 Å². The molecule has 1 aliphatic rings. The van der Waals surface area contributed by atoms with Crippen molar-refractivity contribution in [2.24, 2.45) is 0 Å². The highest BCUT2D eigenvalue weighted by atomic mass is 15.2. The highest BCUT2D eigenvalue weighted by molar-refractivity contribution is 5.77. The van der Waals surface area contributed by atoms with Crippen molar-refractivity contribution in [2.75, 3.05) is 13.1 Å². The summed E-state index contributed by atoms with van der Waals surface area (Å²) in [6.45, 7) is 6.96. The number of nitriles is 1. The summed E-state index contributed by atoms with van der Waals surface area (Å²) in [5, 5.41) is 9.18. The zero-order chi connectivity index (χ0) is 14.8. The lowest BCUT2D eigenvalue weighted by Crippen LogP contribution is -2.27. The molecule has 1 aliphatic heterocycles. The molecule has 2 heterocycles. The molecule has 0 N–H and O–H groups in total. The van der Waals surface area contributed by atoms with Gasteiger partial charge in [0.1, 0.15) is 12.4 Å².